The van der Waals surface area contributed by atoms with E-state index in [9.17, 15) is 10.1 Å². The number of nitro groups is 1. The minimum absolute atomic E-state index is 0.0918. The average molecular weight is 210 g/mol. The summed E-state index contributed by atoms with van der Waals surface area (Å²) < 4.78 is 1.64. The summed E-state index contributed by atoms with van der Waals surface area (Å²) in [6.07, 6.45) is 2.66. The number of anilines is 1. The van der Waals surface area contributed by atoms with Crippen molar-refractivity contribution in [1.82, 2.24) is 9.55 Å². The van der Waals surface area contributed by atoms with Crippen LogP contribution in [0, 0.1) is 22.0 Å². The summed E-state index contributed by atoms with van der Waals surface area (Å²) in [5.74, 6) is 1.80. The van der Waals surface area contributed by atoms with Crippen molar-refractivity contribution in [2.45, 2.75) is 13.3 Å². The lowest BCUT2D eigenvalue weighted by atomic mass is 10.3. The largest absolute Gasteiger partial charge is 0.406 e. The molecule has 0 radical (unpaired) electrons. The van der Waals surface area contributed by atoms with Crippen molar-refractivity contribution in [2.24, 2.45) is 18.9 Å². The van der Waals surface area contributed by atoms with Crippen LogP contribution in [-0.4, -0.2) is 21.0 Å². The number of aryl methyl sites for hydroxylation is 1. The molecule has 0 aromatic carbocycles. The van der Waals surface area contributed by atoms with Gasteiger partial charge < -0.3 is 15.4 Å². The van der Waals surface area contributed by atoms with Crippen molar-refractivity contribution in [3.63, 3.8) is 0 Å². The molecule has 82 valence electrons. The number of hydrogen-bond acceptors (Lipinski definition) is 4. The maximum atomic E-state index is 10.6. The van der Waals surface area contributed by atoms with Gasteiger partial charge in [0, 0.05) is 13.6 Å². The molecule has 6 nitrogen and oxygen atoms in total. The molecule has 1 aromatic rings. The Labute approximate surface area is 87.5 Å². The Bertz CT molecular complexity index is 387. The first kappa shape index (κ1) is 9.95. The Balaban J connectivity index is 2.05. The lowest BCUT2D eigenvalue weighted by Gasteiger charge is -2.04. The van der Waals surface area contributed by atoms with E-state index in [0.29, 0.717) is 11.7 Å². The molecule has 0 bridgehead atoms. The molecule has 1 aliphatic rings. The SMILES string of the molecule is CC1CC1CNc1c([N+](=O)[O-])ncn1C. The number of nitrogens with zero attached hydrogens (tertiary/aromatic N) is 3. The van der Waals surface area contributed by atoms with Crippen LogP contribution in [0.3, 0.4) is 0 Å². The zero-order valence-corrected chi connectivity index (χ0v) is 8.80. The molecule has 15 heavy (non-hydrogen) atoms. The second kappa shape index (κ2) is 3.52. The summed E-state index contributed by atoms with van der Waals surface area (Å²) in [4.78, 5) is 13.9. The fraction of sp³-hybridized carbons (Fsp3) is 0.667. The molecule has 1 saturated carbocycles. The highest BCUT2D eigenvalue weighted by Crippen LogP contribution is 2.38. The van der Waals surface area contributed by atoms with Crippen LogP contribution in [0.4, 0.5) is 11.6 Å². The standard InChI is InChI=1S/C9H14N4O2/c1-6-3-7(6)4-10-8-9(13(14)15)11-5-12(8)2/h5-7,10H,3-4H2,1-2H3. The molecule has 1 aliphatic carbocycles. The van der Waals surface area contributed by atoms with E-state index < -0.39 is 4.92 Å². The molecule has 1 aromatic heterocycles. The van der Waals surface area contributed by atoms with Crippen LogP contribution in [0.25, 0.3) is 0 Å². The third-order valence-electron chi connectivity index (χ3n) is 2.90. The number of hydrogen-bond donors (Lipinski definition) is 1. The molecule has 2 unspecified atom stereocenters. The van der Waals surface area contributed by atoms with Crippen LogP contribution in [0.1, 0.15) is 13.3 Å². The fourth-order valence-corrected chi connectivity index (χ4v) is 1.67. The lowest BCUT2D eigenvalue weighted by Crippen LogP contribution is -2.09. The van der Waals surface area contributed by atoms with Crippen molar-refractivity contribution in [3.05, 3.63) is 16.4 Å². The van der Waals surface area contributed by atoms with Gasteiger partial charge in [-0.2, -0.15) is 0 Å². The first-order valence-corrected chi connectivity index (χ1v) is 4.99. The first-order valence-electron chi connectivity index (χ1n) is 4.99. The van der Waals surface area contributed by atoms with Crippen molar-refractivity contribution in [2.75, 3.05) is 11.9 Å². The van der Waals surface area contributed by atoms with Gasteiger partial charge in [-0.25, -0.2) is 0 Å². The Morgan fingerprint density at radius 1 is 1.80 bits per heavy atom. The van der Waals surface area contributed by atoms with Gasteiger partial charge in [-0.1, -0.05) is 6.92 Å². The molecule has 0 aliphatic heterocycles. The predicted molar refractivity (Wildman–Crippen MR) is 55.6 cm³/mol. The van der Waals surface area contributed by atoms with Gasteiger partial charge in [0.05, 0.1) is 0 Å². The Morgan fingerprint density at radius 3 is 3.00 bits per heavy atom. The summed E-state index contributed by atoms with van der Waals surface area (Å²) in [5.41, 5.74) is 0. The van der Waals surface area contributed by atoms with E-state index in [0.717, 1.165) is 12.5 Å². The molecule has 1 N–H and O–H groups in total. The highest BCUT2D eigenvalue weighted by molar-refractivity contribution is 5.52. The molecule has 1 heterocycles. The molecule has 0 amide bonds. The van der Waals surface area contributed by atoms with Gasteiger partial charge in [0.25, 0.3) is 0 Å². The van der Waals surface area contributed by atoms with E-state index in [1.807, 2.05) is 0 Å². The zero-order valence-electron chi connectivity index (χ0n) is 8.80. The minimum Gasteiger partial charge on any atom is -0.364 e. The van der Waals surface area contributed by atoms with E-state index >= 15 is 0 Å². The summed E-state index contributed by atoms with van der Waals surface area (Å²) >= 11 is 0. The van der Waals surface area contributed by atoms with Gasteiger partial charge in [-0.3, -0.25) is 4.57 Å². The Morgan fingerprint density at radius 2 is 2.47 bits per heavy atom. The Hall–Kier alpha value is -1.59. The predicted octanol–water partition coefficient (Wildman–Crippen LogP) is 1.40. The summed E-state index contributed by atoms with van der Waals surface area (Å²) in [6.45, 7) is 2.98. The molecule has 6 heteroatoms. The van der Waals surface area contributed by atoms with Crippen molar-refractivity contribution >= 4 is 11.6 Å². The number of nitrogens with one attached hydrogen (secondary N) is 1. The van der Waals surface area contributed by atoms with Crippen LogP contribution in [-0.2, 0) is 7.05 Å². The number of rotatable bonds is 4. The average Bonchev–Trinajstić information content (AvgIpc) is 2.73. The topological polar surface area (TPSA) is 73.0 Å². The van der Waals surface area contributed by atoms with Crippen LogP contribution in [0.2, 0.25) is 0 Å². The Kier molecular flexibility index (Phi) is 2.34. The second-order valence-corrected chi connectivity index (χ2v) is 4.14. The monoisotopic (exact) mass is 210 g/mol. The third-order valence-corrected chi connectivity index (χ3v) is 2.90. The van der Waals surface area contributed by atoms with Gasteiger partial charge in [-0.15, -0.1) is 0 Å². The van der Waals surface area contributed by atoms with E-state index in [1.54, 1.807) is 11.6 Å². The van der Waals surface area contributed by atoms with Gasteiger partial charge in [0.1, 0.15) is 0 Å². The second-order valence-electron chi connectivity index (χ2n) is 4.14. The van der Waals surface area contributed by atoms with Crippen LogP contribution >= 0.6 is 0 Å². The van der Waals surface area contributed by atoms with Crippen LogP contribution < -0.4 is 5.32 Å². The fourth-order valence-electron chi connectivity index (χ4n) is 1.67. The summed E-state index contributed by atoms with van der Waals surface area (Å²) in [6, 6.07) is 0. The highest BCUT2D eigenvalue weighted by atomic mass is 16.6. The summed E-state index contributed by atoms with van der Waals surface area (Å²) in [7, 11) is 1.75. The minimum atomic E-state index is -0.460. The molecule has 2 rings (SSSR count). The third kappa shape index (κ3) is 1.93. The van der Waals surface area contributed by atoms with Crippen LogP contribution in [0.15, 0.2) is 6.33 Å². The van der Waals surface area contributed by atoms with Crippen molar-refractivity contribution in [3.8, 4) is 0 Å². The number of aromatic nitrogens is 2. The van der Waals surface area contributed by atoms with Crippen molar-refractivity contribution in [1.29, 1.82) is 0 Å². The van der Waals surface area contributed by atoms with Gasteiger partial charge in [-0.05, 0) is 28.2 Å². The van der Waals surface area contributed by atoms with E-state index in [2.05, 4.69) is 17.2 Å². The summed E-state index contributed by atoms with van der Waals surface area (Å²) in [5, 5.41) is 13.7. The van der Waals surface area contributed by atoms with Crippen LogP contribution in [0.5, 0.6) is 0 Å². The number of imidazole rings is 1. The molecular formula is C9H14N4O2. The molecular weight excluding hydrogens is 196 g/mol. The smallest absolute Gasteiger partial charge is 0.364 e. The van der Waals surface area contributed by atoms with Crippen molar-refractivity contribution < 1.29 is 4.92 Å². The zero-order chi connectivity index (χ0) is 11.0. The van der Waals surface area contributed by atoms with Gasteiger partial charge in [0.2, 0.25) is 12.1 Å². The van der Waals surface area contributed by atoms with Gasteiger partial charge in [0.15, 0.2) is 0 Å². The molecule has 2 atom stereocenters. The first-order chi connectivity index (χ1) is 7.09. The molecule has 0 spiro atoms. The maximum absolute atomic E-state index is 10.6. The van der Waals surface area contributed by atoms with E-state index in [1.165, 1.54) is 12.7 Å². The highest BCUT2D eigenvalue weighted by Gasteiger charge is 2.33. The maximum Gasteiger partial charge on any atom is 0.406 e. The van der Waals surface area contributed by atoms with E-state index in [-0.39, 0.29) is 5.82 Å². The van der Waals surface area contributed by atoms with E-state index in [4.69, 9.17) is 0 Å². The quantitative estimate of drug-likeness (QED) is 0.602. The lowest BCUT2D eigenvalue weighted by molar-refractivity contribution is -0.388. The van der Waals surface area contributed by atoms with Gasteiger partial charge >= 0.3 is 5.82 Å². The molecule has 0 saturated heterocycles. The molecule has 1 fully saturated rings. The normalized spacial score (nSPS) is 23.9.